The molecule has 80 valence electrons. The Labute approximate surface area is 88.1 Å². The Hall–Kier alpha value is -1.71. The van der Waals surface area contributed by atoms with Crippen LogP contribution in [0, 0.1) is 6.92 Å². The second-order valence-corrected chi connectivity index (χ2v) is 3.98. The van der Waals surface area contributed by atoms with Crippen molar-refractivity contribution >= 4 is 17.3 Å². The number of nitrogens with two attached hydrogens (primary N) is 1. The molecule has 1 aromatic carbocycles. The molecule has 0 unspecified atom stereocenters. The SMILES string of the molecule is Cc1cc(NC2CC2)cc(C(=O)O)c1N. The third-order valence-electron chi connectivity index (χ3n) is 2.57. The van der Waals surface area contributed by atoms with Crippen LogP contribution in [0.5, 0.6) is 0 Å². The quantitative estimate of drug-likeness (QED) is 0.660. The molecule has 0 spiro atoms. The number of carboxylic acid groups (broad SMARTS) is 1. The van der Waals surface area contributed by atoms with Gasteiger partial charge in [-0.3, -0.25) is 0 Å². The molecular formula is C11H14N2O2. The van der Waals surface area contributed by atoms with Gasteiger partial charge in [-0.25, -0.2) is 4.79 Å². The summed E-state index contributed by atoms with van der Waals surface area (Å²) in [4.78, 5) is 10.9. The fourth-order valence-corrected chi connectivity index (χ4v) is 1.52. The zero-order valence-corrected chi connectivity index (χ0v) is 8.58. The summed E-state index contributed by atoms with van der Waals surface area (Å²) in [5.41, 5.74) is 7.87. The number of rotatable bonds is 3. The van der Waals surface area contributed by atoms with Gasteiger partial charge in [0.05, 0.1) is 5.56 Å². The summed E-state index contributed by atoms with van der Waals surface area (Å²) in [6.07, 6.45) is 2.32. The van der Waals surface area contributed by atoms with E-state index in [0.717, 1.165) is 24.1 Å². The van der Waals surface area contributed by atoms with Crippen LogP contribution in [0.4, 0.5) is 11.4 Å². The number of nitrogen functional groups attached to an aromatic ring is 1. The van der Waals surface area contributed by atoms with Gasteiger partial charge in [0, 0.05) is 17.4 Å². The highest BCUT2D eigenvalue weighted by Gasteiger charge is 2.21. The Morgan fingerprint density at radius 1 is 1.53 bits per heavy atom. The summed E-state index contributed by atoms with van der Waals surface area (Å²) in [7, 11) is 0. The minimum absolute atomic E-state index is 0.179. The van der Waals surface area contributed by atoms with Gasteiger partial charge in [-0.15, -0.1) is 0 Å². The van der Waals surface area contributed by atoms with Crippen molar-refractivity contribution in [3.05, 3.63) is 23.3 Å². The van der Waals surface area contributed by atoms with Crippen molar-refractivity contribution in [3.63, 3.8) is 0 Å². The zero-order valence-electron chi connectivity index (χ0n) is 8.58. The van der Waals surface area contributed by atoms with Crippen LogP contribution < -0.4 is 11.1 Å². The summed E-state index contributed by atoms with van der Waals surface area (Å²) in [6.45, 7) is 1.82. The van der Waals surface area contributed by atoms with Gasteiger partial charge in [0.25, 0.3) is 0 Å². The largest absolute Gasteiger partial charge is 0.478 e. The van der Waals surface area contributed by atoms with Gasteiger partial charge in [0.1, 0.15) is 0 Å². The van der Waals surface area contributed by atoms with Crippen LogP contribution in [-0.4, -0.2) is 17.1 Å². The van der Waals surface area contributed by atoms with Crippen molar-refractivity contribution in [3.8, 4) is 0 Å². The Kier molecular flexibility index (Phi) is 2.26. The predicted octanol–water partition coefficient (Wildman–Crippen LogP) is 1.85. The van der Waals surface area contributed by atoms with Crippen LogP contribution in [-0.2, 0) is 0 Å². The fourth-order valence-electron chi connectivity index (χ4n) is 1.52. The molecular weight excluding hydrogens is 192 g/mol. The minimum atomic E-state index is -0.977. The standard InChI is InChI=1S/C11H14N2O2/c1-6-4-8(13-7-2-3-7)5-9(10(6)12)11(14)15/h4-5,7,13H,2-3,12H2,1H3,(H,14,15). The first-order valence-electron chi connectivity index (χ1n) is 4.98. The van der Waals surface area contributed by atoms with E-state index in [1.165, 1.54) is 0 Å². The molecule has 0 heterocycles. The second kappa shape index (κ2) is 3.46. The van der Waals surface area contributed by atoms with E-state index in [1.807, 2.05) is 13.0 Å². The summed E-state index contributed by atoms with van der Waals surface area (Å²) >= 11 is 0. The monoisotopic (exact) mass is 206 g/mol. The topological polar surface area (TPSA) is 75.3 Å². The molecule has 4 heteroatoms. The lowest BCUT2D eigenvalue weighted by Gasteiger charge is -2.10. The minimum Gasteiger partial charge on any atom is -0.478 e. The summed E-state index contributed by atoms with van der Waals surface area (Å²) < 4.78 is 0. The lowest BCUT2D eigenvalue weighted by molar-refractivity contribution is 0.0698. The number of benzene rings is 1. The molecule has 4 nitrogen and oxygen atoms in total. The molecule has 1 aromatic rings. The molecule has 1 aliphatic carbocycles. The van der Waals surface area contributed by atoms with E-state index in [0.29, 0.717) is 11.7 Å². The third kappa shape index (κ3) is 2.03. The molecule has 0 amide bonds. The van der Waals surface area contributed by atoms with Gasteiger partial charge in [0.15, 0.2) is 0 Å². The second-order valence-electron chi connectivity index (χ2n) is 3.98. The smallest absolute Gasteiger partial charge is 0.337 e. The molecule has 4 N–H and O–H groups in total. The molecule has 0 aliphatic heterocycles. The number of carbonyl (C=O) groups is 1. The highest BCUT2D eigenvalue weighted by Crippen LogP contribution is 2.28. The Bertz CT molecular complexity index is 411. The van der Waals surface area contributed by atoms with Gasteiger partial charge < -0.3 is 16.2 Å². The van der Waals surface area contributed by atoms with Crippen LogP contribution in [0.3, 0.4) is 0 Å². The van der Waals surface area contributed by atoms with Crippen LogP contribution >= 0.6 is 0 Å². The lowest BCUT2D eigenvalue weighted by atomic mass is 10.1. The van der Waals surface area contributed by atoms with Gasteiger partial charge in [-0.1, -0.05) is 0 Å². The lowest BCUT2D eigenvalue weighted by Crippen LogP contribution is -2.07. The molecule has 2 rings (SSSR count). The van der Waals surface area contributed by atoms with Gasteiger partial charge >= 0.3 is 5.97 Å². The van der Waals surface area contributed by atoms with Crippen LogP contribution in [0.15, 0.2) is 12.1 Å². The molecule has 0 saturated heterocycles. The molecule has 0 radical (unpaired) electrons. The van der Waals surface area contributed by atoms with E-state index >= 15 is 0 Å². The normalized spacial score (nSPS) is 15.0. The van der Waals surface area contributed by atoms with E-state index in [-0.39, 0.29) is 5.56 Å². The number of anilines is 2. The molecule has 1 saturated carbocycles. The average molecular weight is 206 g/mol. The van der Waals surface area contributed by atoms with E-state index in [4.69, 9.17) is 10.8 Å². The maximum atomic E-state index is 10.9. The molecule has 1 fully saturated rings. The zero-order chi connectivity index (χ0) is 11.0. The van der Waals surface area contributed by atoms with Gasteiger partial charge in [0.2, 0.25) is 0 Å². The Morgan fingerprint density at radius 3 is 2.73 bits per heavy atom. The van der Waals surface area contributed by atoms with E-state index in [1.54, 1.807) is 6.07 Å². The van der Waals surface area contributed by atoms with Crippen molar-refractivity contribution in [1.29, 1.82) is 0 Å². The molecule has 15 heavy (non-hydrogen) atoms. The molecule has 1 aliphatic rings. The number of nitrogens with one attached hydrogen (secondary N) is 1. The number of aromatic carboxylic acids is 1. The summed E-state index contributed by atoms with van der Waals surface area (Å²) in [5, 5.41) is 12.2. The van der Waals surface area contributed by atoms with E-state index < -0.39 is 5.97 Å². The predicted molar refractivity (Wildman–Crippen MR) is 59.2 cm³/mol. The highest BCUT2D eigenvalue weighted by atomic mass is 16.4. The first-order valence-corrected chi connectivity index (χ1v) is 4.98. The molecule has 0 bridgehead atoms. The van der Waals surface area contributed by atoms with Crippen molar-refractivity contribution in [2.24, 2.45) is 0 Å². The number of carboxylic acids is 1. The van der Waals surface area contributed by atoms with Gasteiger partial charge in [-0.05, 0) is 37.5 Å². The van der Waals surface area contributed by atoms with Crippen molar-refractivity contribution in [2.75, 3.05) is 11.1 Å². The fraction of sp³-hybridized carbons (Fsp3) is 0.364. The van der Waals surface area contributed by atoms with E-state index in [2.05, 4.69) is 5.32 Å². The Balaban J connectivity index is 2.35. The van der Waals surface area contributed by atoms with E-state index in [9.17, 15) is 4.79 Å². The maximum absolute atomic E-state index is 10.9. The van der Waals surface area contributed by atoms with Crippen molar-refractivity contribution in [2.45, 2.75) is 25.8 Å². The number of hydrogen-bond acceptors (Lipinski definition) is 3. The number of hydrogen-bond donors (Lipinski definition) is 3. The summed E-state index contributed by atoms with van der Waals surface area (Å²) in [5.74, 6) is -0.977. The van der Waals surface area contributed by atoms with Crippen LogP contribution in [0.2, 0.25) is 0 Å². The molecule has 0 aromatic heterocycles. The van der Waals surface area contributed by atoms with Crippen molar-refractivity contribution < 1.29 is 9.90 Å². The highest BCUT2D eigenvalue weighted by molar-refractivity contribution is 5.95. The van der Waals surface area contributed by atoms with Gasteiger partial charge in [-0.2, -0.15) is 0 Å². The molecule has 0 atom stereocenters. The average Bonchev–Trinajstić information content (AvgIpc) is 2.94. The van der Waals surface area contributed by atoms with Crippen LogP contribution in [0.1, 0.15) is 28.8 Å². The summed E-state index contributed by atoms with van der Waals surface area (Å²) in [6, 6.07) is 4.00. The third-order valence-corrected chi connectivity index (χ3v) is 2.57. The first-order chi connectivity index (χ1) is 7.08. The number of aryl methyl sites for hydroxylation is 1. The van der Waals surface area contributed by atoms with Crippen LogP contribution in [0.25, 0.3) is 0 Å². The van der Waals surface area contributed by atoms with Crippen molar-refractivity contribution in [1.82, 2.24) is 0 Å². The maximum Gasteiger partial charge on any atom is 0.337 e. The Morgan fingerprint density at radius 2 is 2.20 bits per heavy atom. The first kappa shape index (κ1) is 9.83.